The van der Waals surface area contributed by atoms with Gasteiger partial charge < -0.3 is 10.2 Å². The Morgan fingerprint density at radius 2 is 2.18 bits per heavy atom. The molecule has 0 saturated carbocycles. The van der Waals surface area contributed by atoms with Crippen LogP contribution in [-0.2, 0) is 6.42 Å². The van der Waals surface area contributed by atoms with Crippen molar-refractivity contribution in [3.63, 3.8) is 0 Å². The summed E-state index contributed by atoms with van der Waals surface area (Å²) in [7, 11) is 0. The van der Waals surface area contributed by atoms with Crippen molar-refractivity contribution in [3.05, 3.63) is 33.8 Å². The highest BCUT2D eigenvalue weighted by atomic mass is 35.5. The molecule has 1 aromatic rings. The molecule has 1 aliphatic heterocycles. The second-order valence-corrected chi connectivity index (χ2v) is 4.90. The van der Waals surface area contributed by atoms with Crippen molar-refractivity contribution in [3.8, 4) is 0 Å². The quantitative estimate of drug-likeness (QED) is 0.902. The molecule has 2 rings (SSSR count). The number of hydrogen-bond donors (Lipinski definition) is 1. The molecule has 1 aromatic carbocycles. The highest BCUT2D eigenvalue weighted by Crippen LogP contribution is 2.21. The number of nitrogens with one attached hydrogen (secondary N) is 1. The molecule has 0 unspecified atom stereocenters. The molecule has 1 N–H and O–H groups in total. The van der Waals surface area contributed by atoms with Crippen molar-refractivity contribution in [2.24, 2.45) is 0 Å². The van der Waals surface area contributed by atoms with Crippen molar-refractivity contribution in [2.45, 2.75) is 12.8 Å². The number of hydrogen-bond acceptors (Lipinski definition) is 1. The fraction of sp³-hybridized carbons (Fsp3) is 0.417. The summed E-state index contributed by atoms with van der Waals surface area (Å²) in [5, 5.41) is 4.12. The molecule has 1 fully saturated rings. The van der Waals surface area contributed by atoms with Gasteiger partial charge in [0.15, 0.2) is 0 Å². The van der Waals surface area contributed by atoms with Crippen LogP contribution in [0.15, 0.2) is 18.2 Å². The fourth-order valence-electron chi connectivity index (χ4n) is 1.87. The summed E-state index contributed by atoms with van der Waals surface area (Å²) in [6.07, 6.45) is 1.75. The molecule has 1 aliphatic rings. The third kappa shape index (κ3) is 3.27. The number of nitrogens with zero attached hydrogens (tertiary/aromatic N) is 1. The Bertz CT molecular complexity index is 423. The first-order chi connectivity index (χ1) is 8.16. The van der Waals surface area contributed by atoms with E-state index in [1.807, 2.05) is 17.0 Å². The van der Waals surface area contributed by atoms with Crippen molar-refractivity contribution in [1.29, 1.82) is 0 Å². The summed E-state index contributed by atoms with van der Waals surface area (Å²) in [6.45, 7) is 2.28. The van der Waals surface area contributed by atoms with Crippen molar-refractivity contribution < 1.29 is 4.79 Å². The van der Waals surface area contributed by atoms with Gasteiger partial charge in [-0.25, -0.2) is 4.79 Å². The molecule has 2 amide bonds. The lowest BCUT2D eigenvalue weighted by molar-refractivity contribution is 0.187. The Labute approximate surface area is 111 Å². The van der Waals surface area contributed by atoms with Crippen LogP contribution in [0.2, 0.25) is 10.0 Å². The maximum absolute atomic E-state index is 11.5. The van der Waals surface area contributed by atoms with Crippen molar-refractivity contribution in [2.75, 3.05) is 19.6 Å². The molecule has 0 aromatic heterocycles. The molecule has 0 spiro atoms. The minimum atomic E-state index is 0.0151. The number of rotatable bonds is 3. The van der Waals surface area contributed by atoms with E-state index in [1.165, 1.54) is 0 Å². The molecule has 0 bridgehead atoms. The molecular weight excluding hydrogens is 259 g/mol. The van der Waals surface area contributed by atoms with E-state index in [0.29, 0.717) is 16.6 Å². The minimum absolute atomic E-state index is 0.0151. The normalized spacial score (nSPS) is 15.9. The zero-order chi connectivity index (χ0) is 12.3. The molecule has 0 aliphatic carbocycles. The minimum Gasteiger partial charge on any atom is -0.338 e. The smallest absolute Gasteiger partial charge is 0.317 e. The van der Waals surface area contributed by atoms with E-state index in [2.05, 4.69) is 5.32 Å². The van der Waals surface area contributed by atoms with E-state index in [4.69, 9.17) is 23.2 Å². The van der Waals surface area contributed by atoms with Gasteiger partial charge in [-0.3, -0.25) is 0 Å². The van der Waals surface area contributed by atoms with E-state index < -0.39 is 0 Å². The number of halogens is 2. The number of benzene rings is 1. The topological polar surface area (TPSA) is 32.3 Å². The molecule has 17 heavy (non-hydrogen) atoms. The van der Waals surface area contributed by atoms with E-state index in [0.717, 1.165) is 31.5 Å². The summed E-state index contributed by atoms with van der Waals surface area (Å²) < 4.78 is 0. The van der Waals surface area contributed by atoms with Crippen LogP contribution in [0.5, 0.6) is 0 Å². The highest BCUT2D eigenvalue weighted by molar-refractivity contribution is 6.35. The summed E-state index contributed by atoms with van der Waals surface area (Å²) in [5.74, 6) is 0. The van der Waals surface area contributed by atoms with Gasteiger partial charge in [0.25, 0.3) is 0 Å². The standard InChI is InChI=1S/C12H14Cl2N2O/c13-10-3-2-9(11(14)8-10)4-7-16-6-1-5-15-12(16)17/h2-3,8H,1,4-7H2,(H,15,17). The maximum Gasteiger partial charge on any atom is 0.317 e. The second-order valence-electron chi connectivity index (χ2n) is 4.06. The van der Waals surface area contributed by atoms with Crippen LogP contribution in [-0.4, -0.2) is 30.6 Å². The Balaban J connectivity index is 1.95. The predicted octanol–water partition coefficient (Wildman–Crippen LogP) is 2.95. The number of carbonyl (C=O) groups is 1. The number of carbonyl (C=O) groups excluding carboxylic acids is 1. The Morgan fingerprint density at radius 1 is 1.35 bits per heavy atom. The van der Waals surface area contributed by atoms with Crippen LogP contribution in [0, 0.1) is 0 Å². The second kappa shape index (κ2) is 5.61. The number of urea groups is 1. The number of amides is 2. The molecule has 92 valence electrons. The van der Waals surface area contributed by atoms with Gasteiger partial charge in [0, 0.05) is 29.7 Å². The van der Waals surface area contributed by atoms with Crippen LogP contribution < -0.4 is 5.32 Å². The van der Waals surface area contributed by atoms with Crippen LogP contribution in [0.4, 0.5) is 4.79 Å². The summed E-state index contributed by atoms with van der Waals surface area (Å²) >= 11 is 11.9. The third-order valence-corrected chi connectivity index (χ3v) is 3.42. The molecule has 1 heterocycles. The average Bonchev–Trinajstić information content (AvgIpc) is 2.30. The molecule has 0 radical (unpaired) electrons. The molecule has 5 heteroatoms. The van der Waals surface area contributed by atoms with Gasteiger partial charge in [0.05, 0.1) is 0 Å². The van der Waals surface area contributed by atoms with Gasteiger partial charge >= 0.3 is 6.03 Å². The molecular formula is C12H14Cl2N2O. The predicted molar refractivity (Wildman–Crippen MR) is 69.8 cm³/mol. The van der Waals surface area contributed by atoms with Crippen LogP contribution in [0.25, 0.3) is 0 Å². The first-order valence-electron chi connectivity index (χ1n) is 5.63. The van der Waals surface area contributed by atoms with Crippen LogP contribution in [0.1, 0.15) is 12.0 Å². The lowest BCUT2D eigenvalue weighted by atomic mass is 10.1. The zero-order valence-corrected chi connectivity index (χ0v) is 10.9. The first kappa shape index (κ1) is 12.5. The first-order valence-corrected chi connectivity index (χ1v) is 6.39. The van der Waals surface area contributed by atoms with E-state index in [9.17, 15) is 4.79 Å². The van der Waals surface area contributed by atoms with Crippen LogP contribution >= 0.6 is 23.2 Å². The monoisotopic (exact) mass is 272 g/mol. The lowest BCUT2D eigenvalue weighted by Crippen LogP contribution is -2.47. The Hall–Kier alpha value is -0.930. The highest BCUT2D eigenvalue weighted by Gasteiger charge is 2.17. The average molecular weight is 273 g/mol. The maximum atomic E-state index is 11.5. The molecule has 3 nitrogen and oxygen atoms in total. The van der Waals surface area contributed by atoms with E-state index >= 15 is 0 Å². The van der Waals surface area contributed by atoms with Gasteiger partial charge in [-0.1, -0.05) is 29.3 Å². The summed E-state index contributed by atoms with van der Waals surface area (Å²) in [4.78, 5) is 13.3. The molecule has 1 saturated heterocycles. The van der Waals surface area contributed by atoms with Gasteiger partial charge in [-0.2, -0.15) is 0 Å². The summed E-state index contributed by atoms with van der Waals surface area (Å²) in [5.41, 5.74) is 1.02. The van der Waals surface area contributed by atoms with Gasteiger partial charge in [0.2, 0.25) is 0 Å². The fourth-order valence-corrected chi connectivity index (χ4v) is 2.37. The van der Waals surface area contributed by atoms with Crippen LogP contribution in [0.3, 0.4) is 0 Å². The van der Waals surface area contributed by atoms with Crippen molar-refractivity contribution in [1.82, 2.24) is 10.2 Å². The van der Waals surface area contributed by atoms with E-state index in [1.54, 1.807) is 6.07 Å². The third-order valence-electron chi connectivity index (χ3n) is 2.83. The largest absolute Gasteiger partial charge is 0.338 e. The zero-order valence-electron chi connectivity index (χ0n) is 9.38. The van der Waals surface area contributed by atoms with Gasteiger partial charge in [0.1, 0.15) is 0 Å². The SMILES string of the molecule is O=C1NCCCN1CCc1ccc(Cl)cc1Cl. The van der Waals surface area contributed by atoms with Gasteiger partial charge in [-0.05, 0) is 30.5 Å². The Morgan fingerprint density at radius 3 is 2.88 bits per heavy atom. The van der Waals surface area contributed by atoms with Crippen molar-refractivity contribution >= 4 is 29.2 Å². The molecule has 0 atom stereocenters. The summed E-state index contributed by atoms with van der Waals surface area (Å²) in [6, 6.07) is 5.47. The lowest BCUT2D eigenvalue weighted by Gasteiger charge is -2.27. The van der Waals surface area contributed by atoms with E-state index in [-0.39, 0.29) is 6.03 Å². The Kier molecular flexibility index (Phi) is 4.13. The van der Waals surface area contributed by atoms with Gasteiger partial charge in [-0.15, -0.1) is 0 Å².